The number of benzene rings is 2. The summed E-state index contributed by atoms with van der Waals surface area (Å²) in [6, 6.07) is 9.51. The number of ketones is 2. The highest BCUT2D eigenvalue weighted by Gasteiger charge is 2.25. The molecule has 1 aliphatic rings. The largest absolute Gasteiger partial charge is 0.504 e. The number of amides is 1. The predicted octanol–water partition coefficient (Wildman–Crippen LogP) is 2.82. The molecule has 196 valence electrons. The van der Waals surface area contributed by atoms with Crippen molar-refractivity contribution in [2.24, 2.45) is 5.73 Å². The Labute approximate surface area is 214 Å². The molecule has 1 heterocycles. The summed E-state index contributed by atoms with van der Waals surface area (Å²) in [5.41, 5.74) is 6.89. The molecule has 3 rings (SSSR count). The van der Waals surface area contributed by atoms with Gasteiger partial charge in [-0.25, -0.2) is 4.79 Å². The van der Waals surface area contributed by atoms with Crippen LogP contribution in [0.2, 0.25) is 0 Å². The maximum Gasteiger partial charge on any atom is 0.415 e. The molecule has 0 saturated carbocycles. The molecule has 10 heteroatoms. The minimum absolute atomic E-state index is 0.00753. The van der Waals surface area contributed by atoms with Gasteiger partial charge in [0, 0.05) is 13.1 Å². The zero-order chi connectivity index (χ0) is 26.8. The Morgan fingerprint density at radius 3 is 2.24 bits per heavy atom. The SMILES string of the molecule is COc1cc(/C=C/C(=O)CC(=O)/C=C/c2ccc(OC(=O)N3CCOC(CN)C3)c(OC)c2)ccc1O. The van der Waals surface area contributed by atoms with Gasteiger partial charge >= 0.3 is 6.09 Å². The normalized spacial score (nSPS) is 15.6. The van der Waals surface area contributed by atoms with Crippen LogP contribution in [-0.4, -0.2) is 74.2 Å². The van der Waals surface area contributed by atoms with E-state index in [2.05, 4.69) is 0 Å². The summed E-state index contributed by atoms with van der Waals surface area (Å²) in [7, 11) is 2.87. The number of phenolic OH excluding ortho intramolecular Hbond substituents is 1. The molecule has 2 aromatic carbocycles. The van der Waals surface area contributed by atoms with Crippen molar-refractivity contribution in [1.82, 2.24) is 4.90 Å². The monoisotopic (exact) mass is 510 g/mol. The first-order valence-corrected chi connectivity index (χ1v) is 11.6. The first kappa shape index (κ1) is 27.4. The number of nitrogens with two attached hydrogens (primary N) is 1. The lowest BCUT2D eigenvalue weighted by Crippen LogP contribution is -2.49. The standard InChI is InChI=1S/C27H30N2O8/c1-34-25-13-18(5-9-23(25)32)3-7-20(30)15-21(31)8-4-19-6-10-24(26(14-19)35-2)37-27(33)29-11-12-36-22(16-28)17-29/h3-10,13-14,22,32H,11-12,15-17,28H2,1-2H3/b7-3+,8-4+. The lowest BCUT2D eigenvalue weighted by Gasteiger charge is -2.31. The first-order valence-electron chi connectivity index (χ1n) is 11.6. The van der Waals surface area contributed by atoms with Gasteiger partial charge in [0.25, 0.3) is 0 Å². The second kappa shape index (κ2) is 13.2. The van der Waals surface area contributed by atoms with Gasteiger partial charge < -0.3 is 34.7 Å². The molecule has 0 aromatic heterocycles. The van der Waals surface area contributed by atoms with E-state index in [4.69, 9.17) is 24.7 Å². The van der Waals surface area contributed by atoms with E-state index in [1.807, 2.05) is 0 Å². The quantitative estimate of drug-likeness (QED) is 0.365. The van der Waals surface area contributed by atoms with E-state index in [9.17, 15) is 19.5 Å². The summed E-state index contributed by atoms with van der Waals surface area (Å²) >= 11 is 0. The number of aromatic hydroxyl groups is 1. The highest BCUT2D eigenvalue weighted by Crippen LogP contribution is 2.29. The number of phenols is 1. The number of nitrogens with zero attached hydrogens (tertiary/aromatic N) is 1. The van der Waals surface area contributed by atoms with Crippen LogP contribution >= 0.6 is 0 Å². The van der Waals surface area contributed by atoms with Gasteiger partial charge in [0.05, 0.1) is 39.9 Å². The van der Waals surface area contributed by atoms with Crippen molar-refractivity contribution in [1.29, 1.82) is 0 Å². The van der Waals surface area contributed by atoms with Crippen LogP contribution in [0.1, 0.15) is 17.5 Å². The third kappa shape index (κ3) is 7.92. The molecular weight excluding hydrogens is 480 g/mol. The lowest BCUT2D eigenvalue weighted by molar-refractivity contribution is -0.121. The topological polar surface area (TPSA) is 138 Å². The van der Waals surface area contributed by atoms with Crippen molar-refractivity contribution in [2.45, 2.75) is 12.5 Å². The molecule has 0 radical (unpaired) electrons. The van der Waals surface area contributed by atoms with Gasteiger partial charge in [0.1, 0.15) is 0 Å². The zero-order valence-corrected chi connectivity index (χ0v) is 20.7. The average Bonchev–Trinajstić information content (AvgIpc) is 2.91. The molecular formula is C27H30N2O8. The van der Waals surface area contributed by atoms with Gasteiger partial charge in [-0.1, -0.05) is 24.3 Å². The number of allylic oxidation sites excluding steroid dienone is 2. The molecule has 0 bridgehead atoms. The van der Waals surface area contributed by atoms with Crippen molar-refractivity contribution in [3.63, 3.8) is 0 Å². The molecule has 1 amide bonds. The van der Waals surface area contributed by atoms with Crippen LogP contribution in [0.15, 0.2) is 48.6 Å². The van der Waals surface area contributed by atoms with E-state index in [0.29, 0.717) is 43.1 Å². The Balaban J connectivity index is 1.57. The average molecular weight is 511 g/mol. The number of hydrogen-bond acceptors (Lipinski definition) is 9. The van der Waals surface area contributed by atoms with Crippen LogP contribution in [0.5, 0.6) is 23.0 Å². The van der Waals surface area contributed by atoms with Crippen LogP contribution in [0, 0.1) is 0 Å². The Morgan fingerprint density at radius 2 is 1.62 bits per heavy atom. The van der Waals surface area contributed by atoms with Crippen LogP contribution in [0.25, 0.3) is 12.2 Å². The van der Waals surface area contributed by atoms with Crippen molar-refractivity contribution in [3.05, 3.63) is 59.7 Å². The van der Waals surface area contributed by atoms with E-state index in [1.165, 1.54) is 37.3 Å². The van der Waals surface area contributed by atoms with E-state index >= 15 is 0 Å². The van der Waals surface area contributed by atoms with Gasteiger partial charge in [-0.15, -0.1) is 0 Å². The fourth-order valence-corrected chi connectivity index (χ4v) is 3.52. The van der Waals surface area contributed by atoms with Gasteiger partial charge in [-0.2, -0.15) is 0 Å². The van der Waals surface area contributed by atoms with E-state index in [0.717, 1.165) is 0 Å². The Hall–Kier alpha value is -4.15. The minimum atomic E-state index is -0.532. The second-order valence-corrected chi connectivity index (χ2v) is 8.16. The molecule has 1 fully saturated rings. The molecule has 1 aliphatic heterocycles. The molecule has 0 spiro atoms. The molecule has 0 aliphatic carbocycles. The zero-order valence-electron chi connectivity index (χ0n) is 20.7. The number of carbonyl (C=O) groups excluding carboxylic acids is 3. The lowest BCUT2D eigenvalue weighted by atomic mass is 10.1. The molecule has 37 heavy (non-hydrogen) atoms. The first-order chi connectivity index (χ1) is 17.8. The fraction of sp³-hybridized carbons (Fsp3) is 0.296. The summed E-state index contributed by atoms with van der Waals surface area (Å²) in [5.74, 6) is 0.0709. The maximum absolute atomic E-state index is 12.5. The third-order valence-electron chi connectivity index (χ3n) is 5.52. The Kier molecular flexibility index (Phi) is 9.82. The van der Waals surface area contributed by atoms with Gasteiger partial charge in [0.2, 0.25) is 0 Å². The minimum Gasteiger partial charge on any atom is -0.504 e. The summed E-state index contributed by atoms with van der Waals surface area (Å²) in [4.78, 5) is 38.5. The molecule has 1 atom stereocenters. The van der Waals surface area contributed by atoms with Crippen LogP contribution in [0.3, 0.4) is 0 Å². The van der Waals surface area contributed by atoms with Crippen molar-refractivity contribution in [3.8, 4) is 23.0 Å². The third-order valence-corrected chi connectivity index (χ3v) is 5.52. The van der Waals surface area contributed by atoms with Crippen molar-refractivity contribution in [2.75, 3.05) is 40.5 Å². The Morgan fingerprint density at radius 1 is 1.00 bits per heavy atom. The second-order valence-electron chi connectivity index (χ2n) is 8.16. The van der Waals surface area contributed by atoms with Crippen molar-refractivity contribution < 1.29 is 38.4 Å². The summed E-state index contributed by atoms with van der Waals surface area (Å²) in [5, 5.41) is 9.63. The van der Waals surface area contributed by atoms with Gasteiger partial charge in [0.15, 0.2) is 34.6 Å². The highest BCUT2D eigenvalue weighted by atomic mass is 16.6. The van der Waals surface area contributed by atoms with Crippen LogP contribution < -0.4 is 19.9 Å². The van der Waals surface area contributed by atoms with Crippen LogP contribution in [0.4, 0.5) is 4.79 Å². The number of methoxy groups -OCH3 is 2. The molecule has 1 saturated heterocycles. The Bertz CT molecular complexity index is 1190. The number of rotatable bonds is 10. The molecule has 2 aromatic rings. The van der Waals surface area contributed by atoms with Crippen molar-refractivity contribution >= 4 is 29.8 Å². The number of hydrogen-bond donors (Lipinski definition) is 2. The molecule has 3 N–H and O–H groups in total. The van der Waals surface area contributed by atoms with E-state index in [-0.39, 0.29) is 41.3 Å². The van der Waals surface area contributed by atoms with E-state index < -0.39 is 6.09 Å². The maximum atomic E-state index is 12.5. The van der Waals surface area contributed by atoms with Crippen LogP contribution in [-0.2, 0) is 14.3 Å². The summed E-state index contributed by atoms with van der Waals surface area (Å²) in [6.07, 6.45) is 4.62. The predicted molar refractivity (Wildman–Crippen MR) is 137 cm³/mol. The molecule has 10 nitrogen and oxygen atoms in total. The van der Waals surface area contributed by atoms with E-state index in [1.54, 1.807) is 42.5 Å². The fourth-order valence-electron chi connectivity index (χ4n) is 3.52. The van der Waals surface area contributed by atoms with Gasteiger partial charge in [-0.05, 0) is 47.5 Å². The number of ether oxygens (including phenoxy) is 4. The van der Waals surface area contributed by atoms with Gasteiger partial charge in [-0.3, -0.25) is 9.59 Å². The highest BCUT2D eigenvalue weighted by molar-refractivity contribution is 6.10. The summed E-state index contributed by atoms with van der Waals surface area (Å²) in [6.45, 7) is 1.44. The smallest absolute Gasteiger partial charge is 0.415 e. The number of carbonyl (C=O) groups is 3. The molecule has 1 unspecified atom stereocenters. The summed E-state index contributed by atoms with van der Waals surface area (Å²) < 4.78 is 21.3. The number of morpholine rings is 1.